The van der Waals surface area contributed by atoms with E-state index in [1.54, 1.807) is 13.0 Å². The topological polar surface area (TPSA) is 71.4 Å². The van der Waals surface area contributed by atoms with Gasteiger partial charge in [-0.15, -0.1) is 6.58 Å². The molecule has 4 nitrogen and oxygen atoms in total. The molecule has 1 N–H and O–H groups in total. The molecule has 88 valence electrons. The molecule has 0 aromatic carbocycles. The summed E-state index contributed by atoms with van der Waals surface area (Å²) in [6.07, 6.45) is 3.68. The molecule has 5 heteroatoms. The molecule has 0 aliphatic heterocycles. The summed E-state index contributed by atoms with van der Waals surface area (Å²) in [4.78, 5) is 11.2. The highest BCUT2D eigenvalue weighted by Crippen LogP contribution is 2.29. The van der Waals surface area contributed by atoms with E-state index in [-0.39, 0.29) is 12.8 Å². The lowest BCUT2D eigenvalue weighted by molar-refractivity contribution is -0.140. The van der Waals surface area contributed by atoms with E-state index < -0.39 is 20.6 Å². The molecule has 0 saturated heterocycles. The lowest BCUT2D eigenvalue weighted by Crippen LogP contribution is -2.45. The third-order valence-corrected chi connectivity index (χ3v) is 4.51. The van der Waals surface area contributed by atoms with Crippen molar-refractivity contribution in [1.82, 2.24) is 0 Å². The fourth-order valence-electron chi connectivity index (χ4n) is 1.61. The molecule has 0 bridgehead atoms. The van der Waals surface area contributed by atoms with Crippen LogP contribution in [-0.4, -0.2) is 30.5 Å². The number of sulfone groups is 1. The van der Waals surface area contributed by atoms with Crippen LogP contribution in [0.25, 0.3) is 0 Å². The van der Waals surface area contributed by atoms with Crippen LogP contribution in [0, 0.1) is 0 Å². The molecule has 0 fully saturated rings. The molecule has 0 aliphatic rings. The Morgan fingerprint density at radius 1 is 1.47 bits per heavy atom. The summed E-state index contributed by atoms with van der Waals surface area (Å²) in [5.74, 6) is -1.26. The van der Waals surface area contributed by atoms with Crippen molar-refractivity contribution in [3.05, 3.63) is 12.7 Å². The molecule has 0 aliphatic carbocycles. The average molecular weight is 234 g/mol. The van der Waals surface area contributed by atoms with Crippen LogP contribution in [0.15, 0.2) is 12.7 Å². The predicted molar refractivity (Wildman–Crippen MR) is 59.5 cm³/mol. The summed E-state index contributed by atoms with van der Waals surface area (Å²) in [7, 11) is -3.61. The lowest BCUT2D eigenvalue weighted by atomic mass is 9.97. The first-order chi connectivity index (χ1) is 6.81. The van der Waals surface area contributed by atoms with Gasteiger partial charge >= 0.3 is 5.97 Å². The molecular weight excluding hydrogens is 216 g/mol. The fraction of sp³-hybridized carbons (Fsp3) is 0.700. The van der Waals surface area contributed by atoms with Crippen LogP contribution in [0.2, 0.25) is 0 Å². The second-order valence-electron chi connectivity index (χ2n) is 3.65. The van der Waals surface area contributed by atoms with E-state index in [2.05, 4.69) is 6.58 Å². The summed E-state index contributed by atoms with van der Waals surface area (Å²) in [6, 6.07) is 0. The molecular formula is C10H18O4S. The zero-order chi connectivity index (χ0) is 12.1. The normalized spacial score (nSPS) is 15.6. The number of rotatable bonds is 7. The number of hydrogen-bond acceptors (Lipinski definition) is 3. The molecule has 0 aromatic heterocycles. The van der Waals surface area contributed by atoms with E-state index >= 15 is 0 Å². The van der Waals surface area contributed by atoms with E-state index in [9.17, 15) is 13.2 Å². The van der Waals surface area contributed by atoms with Crippen molar-refractivity contribution < 1.29 is 18.3 Å². The predicted octanol–water partition coefficient (Wildman–Crippen LogP) is 1.62. The largest absolute Gasteiger partial charge is 0.480 e. The second kappa shape index (κ2) is 5.30. The highest BCUT2D eigenvalue weighted by atomic mass is 32.2. The van der Waals surface area contributed by atoms with Crippen molar-refractivity contribution in [2.75, 3.05) is 6.26 Å². The highest BCUT2D eigenvalue weighted by Gasteiger charge is 2.46. The van der Waals surface area contributed by atoms with Crippen LogP contribution in [0.4, 0.5) is 0 Å². The number of carboxylic acid groups (broad SMARTS) is 1. The SMILES string of the molecule is C=CCC[C@](CCC)(C(=O)O)S(C)(=O)=O. The Balaban J connectivity index is 5.27. The van der Waals surface area contributed by atoms with E-state index in [1.165, 1.54) is 0 Å². The Morgan fingerprint density at radius 3 is 2.27 bits per heavy atom. The minimum Gasteiger partial charge on any atom is -0.480 e. The zero-order valence-electron chi connectivity index (χ0n) is 9.19. The van der Waals surface area contributed by atoms with Gasteiger partial charge in [0.2, 0.25) is 0 Å². The molecule has 0 amide bonds. The summed E-state index contributed by atoms with van der Waals surface area (Å²) in [6.45, 7) is 5.25. The number of carbonyl (C=O) groups is 1. The van der Waals surface area contributed by atoms with Gasteiger partial charge in [0.15, 0.2) is 14.6 Å². The maximum absolute atomic E-state index is 11.6. The summed E-state index contributed by atoms with van der Waals surface area (Å²) >= 11 is 0. The van der Waals surface area contributed by atoms with Gasteiger partial charge in [-0.2, -0.15) is 0 Å². The maximum Gasteiger partial charge on any atom is 0.325 e. The van der Waals surface area contributed by atoms with Crippen molar-refractivity contribution in [2.24, 2.45) is 0 Å². The van der Waals surface area contributed by atoms with Gasteiger partial charge in [0.25, 0.3) is 0 Å². The molecule has 0 spiro atoms. The van der Waals surface area contributed by atoms with Gasteiger partial charge in [0.05, 0.1) is 0 Å². The zero-order valence-corrected chi connectivity index (χ0v) is 10.0. The van der Waals surface area contributed by atoms with Gasteiger partial charge in [-0.25, -0.2) is 8.42 Å². The molecule has 0 unspecified atom stereocenters. The van der Waals surface area contributed by atoms with Crippen molar-refractivity contribution in [2.45, 2.75) is 37.4 Å². The smallest absolute Gasteiger partial charge is 0.325 e. The first-order valence-corrected chi connectivity index (χ1v) is 6.75. The molecule has 1 atom stereocenters. The summed E-state index contributed by atoms with van der Waals surface area (Å²) in [5.41, 5.74) is 0. The average Bonchev–Trinajstić information content (AvgIpc) is 2.09. The minimum absolute atomic E-state index is 0.0957. The summed E-state index contributed by atoms with van der Waals surface area (Å²) in [5, 5.41) is 9.10. The second-order valence-corrected chi connectivity index (χ2v) is 5.97. The van der Waals surface area contributed by atoms with Crippen LogP contribution in [0.3, 0.4) is 0 Å². The van der Waals surface area contributed by atoms with Crippen molar-refractivity contribution in [3.8, 4) is 0 Å². The standard InChI is InChI=1S/C10H18O4S/c1-4-6-8-10(7-5-2,9(11)12)15(3,13)14/h4H,1,5-8H2,2-3H3,(H,11,12)/t10-/m1/s1. The molecule has 0 rings (SSSR count). The van der Waals surface area contributed by atoms with Gasteiger partial charge in [0.1, 0.15) is 0 Å². The molecule has 15 heavy (non-hydrogen) atoms. The van der Waals surface area contributed by atoms with Crippen LogP contribution in [0.1, 0.15) is 32.6 Å². The first kappa shape index (κ1) is 14.2. The van der Waals surface area contributed by atoms with Gasteiger partial charge in [-0.3, -0.25) is 4.79 Å². The third-order valence-electron chi connectivity index (χ3n) is 2.51. The number of allylic oxidation sites excluding steroid dienone is 1. The van der Waals surface area contributed by atoms with Crippen molar-refractivity contribution >= 4 is 15.8 Å². The Bertz CT molecular complexity index is 331. The van der Waals surface area contributed by atoms with E-state index in [1.807, 2.05) is 0 Å². The maximum atomic E-state index is 11.6. The van der Waals surface area contributed by atoms with E-state index in [0.29, 0.717) is 12.8 Å². The number of hydrogen-bond donors (Lipinski definition) is 1. The third kappa shape index (κ3) is 3.06. The highest BCUT2D eigenvalue weighted by molar-refractivity contribution is 7.92. The number of carboxylic acids is 1. The van der Waals surface area contributed by atoms with Crippen LogP contribution in [-0.2, 0) is 14.6 Å². The van der Waals surface area contributed by atoms with Crippen molar-refractivity contribution in [3.63, 3.8) is 0 Å². The Labute approximate surface area is 90.9 Å². The Hall–Kier alpha value is -0.840. The quantitative estimate of drug-likeness (QED) is 0.679. The van der Waals surface area contributed by atoms with E-state index in [4.69, 9.17) is 5.11 Å². The Morgan fingerprint density at radius 2 is 2.00 bits per heavy atom. The van der Waals surface area contributed by atoms with Crippen LogP contribution < -0.4 is 0 Å². The van der Waals surface area contributed by atoms with Crippen LogP contribution in [0.5, 0.6) is 0 Å². The van der Waals surface area contributed by atoms with Gasteiger partial charge < -0.3 is 5.11 Å². The van der Waals surface area contributed by atoms with Crippen molar-refractivity contribution in [1.29, 1.82) is 0 Å². The van der Waals surface area contributed by atoms with Gasteiger partial charge in [-0.1, -0.05) is 19.4 Å². The fourth-order valence-corrected chi connectivity index (χ4v) is 2.99. The van der Waals surface area contributed by atoms with Gasteiger partial charge in [0, 0.05) is 6.26 Å². The van der Waals surface area contributed by atoms with Gasteiger partial charge in [-0.05, 0) is 19.3 Å². The van der Waals surface area contributed by atoms with Crippen LogP contribution >= 0.6 is 0 Å². The molecule has 0 radical (unpaired) electrons. The first-order valence-electron chi connectivity index (χ1n) is 4.85. The molecule has 0 saturated carbocycles. The molecule has 0 aromatic rings. The summed E-state index contributed by atoms with van der Waals surface area (Å²) < 4.78 is 21.5. The Kier molecular flexibility index (Phi) is 5.00. The molecule has 0 heterocycles. The number of aliphatic carboxylic acids is 1. The minimum atomic E-state index is -3.61. The lowest BCUT2D eigenvalue weighted by Gasteiger charge is -2.26. The van der Waals surface area contributed by atoms with E-state index in [0.717, 1.165) is 6.26 Å². The monoisotopic (exact) mass is 234 g/mol.